The third-order valence-corrected chi connectivity index (χ3v) is 5.64. The largest absolute Gasteiger partial charge is 0.483 e. The number of aromatic nitrogens is 1. The molecule has 0 radical (unpaired) electrons. The van der Waals surface area contributed by atoms with Crippen molar-refractivity contribution in [1.82, 2.24) is 4.98 Å². The molecule has 152 valence electrons. The molecule has 4 nitrogen and oxygen atoms in total. The summed E-state index contributed by atoms with van der Waals surface area (Å²) in [4.78, 5) is 17.7. The predicted octanol–water partition coefficient (Wildman–Crippen LogP) is 6.00. The molecule has 1 N–H and O–H groups in total. The minimum absolute atomic E-state index is 0.0324. The van der Waals surface area contributed by atoms with Gasteiger partial charge >= 0.3 is 0 Å². The van der Waals surface area contributed by atoms with Crippen molar-refractivity contribution in [1.29, 1.82) is 0 Å². The molecule has 0 bridgehead atoms. The lowest BCUT2D eigenvalue weighted by Crippen LogP contribution is -2.20. The molecule has 0 saturated heterocycles. The number of benzene rings is 2. The fourth-order valence-electron chi connectivity index (χ4n) is 3.06. The van der Waals surface area contributed by atoms with Crippen molar-refractivity contribution in [2.75, 3.05) is 11.9 Å². The monoisotopic (exact) mass is 408 g/mol. The SMILES string of the molecule is CC(C)c1ccc(Cc2cnc(NC(=O)COc3ccccc3C(C)C)s2)cc1. The van der Waals surface area contributed by atoms with Crippen LogP contribution in [-0.4, -0.2) is 17.5 Å². The maximum atomic E-state index is 12.3. The van der Waals surface area contributed by atoms with Crippen molar-refractivity contribution < 1.29 is 9.53 Å². The van der Waals surface area contributed by atoms with Crippen molar-refractivity contribution in [3.63, 3.8) is 0 Å². The molecular weight excluding hydrogens is 380 g/mol. The Bertz CT molecular complexity index is 946. The zero-order valence-electron chi connectivity index (χ0n) is 17.4. The van der Waals surface area contributed by atoms with Crippen LogP contribution in [0.5, 0.6) is 5.75 Å². The highest BCUT2D eigenvalue weighted by Crippen LogP contribution is 2.26. The lowest BCUT2D eigenvalue weighted by Gasteiger charge is -2.13. The Morgan fingerprint density at radius 1 is 1.03 bits per heavy atom. The number of carbonyl (C=O) groups excluding carboxylic acids is 1. The van der Waals surface area contributed by atoms with Gasteiger partial charge in [0.05, 0.1) is 0 Å². The third kappa shape index (κ3) is 5.91. The van der Waals surface area contributed by atoms with Crippen LogP contribution in [0.4, 0.5) is 5.13 Å². The van der Waals surface area contributed by atoms with Crippen LogP contribution in [0.1, 0.15) is 61.1 Å². The summed E-state index contributed by atoms with van der Waals surface area (Å²) in [6.45, 7) is 8.57. The van der Waals surface area contributed by atoms with E-state index >= 15 is 0 Å². The van der Waals surface area contributed by atoms with E-state index in [0.717, 1.165) is 22.6 Å². The van der Waals surface area contributed by atoms with Gasteiger partial charge in [0.2, 0.25) is 0 Å². The Balaban J connectivity index is 1.54. The van der Waals surface area contributed by atoms with Gasteiger partial charge in [-0.2, -0.15) is 0 Å². The highest BCUT2D eigenvalue weighted by Gasteiger charge is 2.11. The Kier molecular flexibility index (Phi) is 7.04. The van der Waals surface area contributed by atoms with Gasteiger partial charge in [-0.05, 0) is 34.6 Å². The smallest absolute Gasteiger partial charge is 0.264 e. The lowest BCUT2D eigenvalue weighted by molar-refractivity contribution is -0.118. The number of nitrogens with one attached hydrogen (secondary N) is 1. The maximum Gasteiger partial charge on any atom is 0.264 e. The number of para-hydroxylation sites is 1. The van der Waals surface area contributed by atoms with E-state index < -0.39 is 0 Å². The van der Waals surface area contributed by atoms with Crippen LogP contribution in [-0.2, 0) is 11.2 Å². The summed E-state index contributed by atoms with van der Waals surface area (Å²) in [5.74, 6) is 1.42. The summed E-state index contributed by atoms with van der Waals surface area (Å²) < 4.78 is 5.73. The normalized spacial score (nSPS) is 11.1. The standard InChI is InChI=1S/C24H28N2O2S/c1-16(2)19-11-9-18(10-12-19)13-20-14-25-24(29-20)26-23(27)15-28-22-8-6-5-7-21(22)17(3)4/h5-12,14,16-17H,13,15H2,1-4H3,(H,25,26,27). The number of ether oxygens (including phenoxy) is 1. The average molecular weight is 409 g/mol. The van der Waals surface area contributed by atoms with Crippen molar-refractivity contribution in [2.24, 2.45) is 0 Å². The van der Waals surface area contributed by atoms with Crippen molar-refractivity contribution in [3.05, 3.63) is 76.3 Å². The molecule has 5 heteroatoms. The molecule has 0 unspecified atom stereocenters. The van der Waals surface area contributed by atoms with E-state index in [-0.39, 0.29) is 12.5 Å². The minimum atomic E-state index is -0.203. The van der Waals surface area contributed by atoms with Crippen LogP contribution in [0.2, 0.25) is 0 Å². The van der Waals surface area contributed by atoms with Gasteiger partial charge in [0.1, 0.15) is 5.75 Å². The lowest BCUT2D eigenvalue weighted by atomic mass is 10.0. The molecular formula is C24H28N2O2S. The Hall–Kier alpha value is -2.66. The summed E-state index contributed by atoms with van der Waals surface area (Å²) >= 11 is 1.50. The fraction of sp³-hybridized carbons (Fsp3) is 0.333. The van der Waals surface area contributed by atoms with Gasteiger partial charge in [0, 0.05) is 17.5 Å². The van der Waals surface area contributed by atoms with Crippen LogP contribution in [0, 0.1) is 0 Å². The van der Waals surface area contributed by atoms with E-state index in [1.165, 1.54) is 22.5 Å². The summed E-state index contributed by atoms with van der Waals surface area (Å²) in [6, 6.07) is 16.5. The van der Waals surface area contributed by atoms with Gasteiger partial charge in [-0.1, -0.05) is 70.2 Å². The van der Waals surface area contributed by atoms with Crippen LogP contribution < -0.4 is 10.1 Å². The van der Waals surface area contributed by atoms with E-state index in [9.17, 15) is 4.79 Å². The fourth-order valence-corrected chi connectivity index (χ4v) is 3.92. The molecule has 1 amide bonds. The number of hydrogen-bond donors (Lipinski definition) is 1. The molecule has 29 heavy (non-hydrogen) atoms. The van der Waals surface area contributed by atoms with E-state index in [0.29, 0.717) is 17.0 Å². The number of hydrogen-bond acceptors (Lipinski definition) is 4. The van der Waals surface area contributed by atoms with Crippen LogP contribution in [0.25, 0.3) is 0 Å². The predicted molar refractivity (Wildman–Crippen MR) is 120 cm³/mol. The number of anilines is 1. The highest BCUT2D eigenvalue weighted by molar-refractivity contribution is 7.15. The van der Waals surface area contributed by atoms with Gasteiger partial charge in [-0.25, -0.2) is 4.98 Å². The Morgan fingerprint density at radius 2 is 1.76 bits per heavy atom. The van der Waals surface area contributed by atoms with E-state index in [2.05, 4.69) is 62.3 Å². The molecule has 1 aromatic heterocycles. The first-order valence-corrected chi connectivity index (χ1v) is 10.8. The number of nitrogens with zero attached hydrogens (tertiary/aromatic N) is 1. The third-order valence-electron chi connectivity index (χ3n) is 4.72. The van der Waals surface area contributed by atoms with Gasteiger partial charge in [-0.15, -0.1) is 11.3 Å². The molecule has 1 heterocycles. The first-order valence-electron chi connectivity index (χ1n) is 9.97. The van der Waals surface area contributed by atoms with Crippen LogP contribution in [0.15, 0.2) is 54.7 Å². The second-order valence-electron chi connectivity index (χ2n) is 7.73. The van der Waals surface area contributed by atoms with E-state index in [1.54, 1.807) is 0 Å². The first-order chi connectivity index (χ1) is 13.9. The molecule has 0 saturated carbocycles. The molecule has 0 aliphatic rings. The second kappa shape index (κ2) is 9.70. The molecule has 0 spiro atoms. The van der Waals surface area contributed by atoms with Gasteiger partial charge in [0.25, 0.3) is 5.91 Å². The highest BCUT2D eigenvalue weighted by atomic mass is 32.1. The summed E-state index contributed by atoms with van der Waals surface area (Å²) in [5.41, 5.74) is 3.68. The van der Waals surface area contributed by atoms with Crippen LogP contribution >= 0.6 is 11.3 Å². The quantitative estimate of drug-likeness (QED) is 0.497. The number of rotatable bonds is 8. The Labute approximate surface area is 177 Å². The zero-order chi connectivity index (χ0) is 20.8. The topological polar surface area (TPSA) is 51.2 Å². The molecule has 0 aliphatic heterocycles. The van der Waals surface area contributed by atoms with Gasteiger partial charge in [0.15, 0.2) is 11.7 Å². The van der Waals surface area contributed by atoms with E-state index in [4.69, 9.17) is 4.74 Å². The first kappa shape index (κ1) is 21.1. The minimum Gasteiger partial charge on any atom is -0.483 e. The van der Waals surface area contributed by atoms with Crippen molar-refractivity contribution in [3.8, 4) is 5.75 Å². The molecule has 0 aliphatic carbocycles. The van der Waals surface area contributed by atoms with E-state index in [1.807, 2.05) is 30.5 Å². The van der Waals surface area contributed by atoms with Crippen molar-refractivity contribution in [2.45, 2.75) is 46.0 Å². The van der Waals surface area contributed by atoms with Crippen molar-refractivity contribution >= 4 is 22.4 Å². The maximum absolute atomic E-state index is 12.3. The molecule has 2 aromatic carbocycles. The molecule has 0 atom stereocenters. The van der Waals surface area contributed by atoms with Gasteiger partial charge < -0.3 is 4.74 Å². The molecule has 3 aromatic rings. The van der Waals surface area contributed by atoms with Gasteiger partial charge in [-0.3, -0.25) is 10.1 Å². The molecule has 3 rings (SSSR count). The second-order valence-corrected chi connectivity index (χ2v) is 8.85. The molecule has 0 fully saturated rings. The Morgan fingerprint density at radius 3 is 2.45 bits per heavy atom. The zero-order valence-corrected chi connectivity index (χ0v) is 18.3. The summed E-state index contributed by atoms with van der Waals surface area (Å²) in [5, 5.41) is 3.44. The number of amides is 1. The number of carbonyl (C=O) groups is 1. The summed E-state index contributed by atoms with van der Waals surface area (Å²) in [7, 11) is 0. The van der Waals surface area contributed by atoms with Crippen LogP contribution in [0.3, 0.4) is 0 Å². The number of thiazole rings is 1. The summed E-state index contributed by atoms with van der Waals surface area (Å²) in [6.07, 6.45) is 2.63. The average Bonchev–Trinajstić information content (AvgIpc) is 3.13.